The van der Waals surface area contributed by atoms with Crippen LogP contribution in [-0.4, -0.2) is 15.9 Å². The summed E-state index contributed by atoms with van der Waals surface area (Å²) < 4.78 is 13.5. The quantitative estimate of drug-likeness (QED) is 0.776. The molecule has 3 aromatic rings. The Morgan fingerprint density at radius 2 is 1.85 bits per heavy atom. The number of amides is 1. The monoisotopic (exact) mass is 267 g/mol. The van der Waals surface area contributed by atoms with E-state index in [2.05, 4.69) is 15.3 Å². The molecule has 0 atom stereocenters. The molecule has 0 spiro atoms. The highest BCUT2D eigenvalue weighted by molar-refractivity contribution is 6.09. The molecule has 0 saturated carbocycles. The first-order valence-electron chi connectivity index (χ1n) is 5.99. The molecule has 2 aromatic heterocycles. The molecule has 1 amide bonds. The molecule has 3 rings (SSSR count). The average molecular weight is 267 g/mol. The maximum absolute atomic E-state index is 13.5. The highest BCUT2D eigenvalue weighted by Crippen LogP contribution is 2.22. The summed E-state index contributed by atoms with van der Waals surface area (Å²) in [5, 5.41) is 4.45. The van der Waals surface area contributed by atoms with Gasteiger partial charge in [-0.25, -0.2) is 4.39 Å². The van der Waals surface area contributed by atoms with E-state index in [1.165, 1.54) is 12.3 Å². The second kappa shape index (κ2) is 5.05. The van der Waals surface area contributed by atoms with Gasteiger partial charge in [-0.15, -0.1) is 0 Å². The van der Waals surface area contributed by atoms with Gasteiger partial charge in [0.15, 0.2) is 5.82 Å². The molecule has 0 saturated heterocycles. The molecule has 0 aliphatic rings. The Bertz CT molecular complexity index is 783. The Kier molecular flexibility index (Phi) is 3.09. The van der Waals surface area contributed by atoms with Crippen molar-refractivity contribution in [2.45, 2.75) is 0 Å². The molecule has 2 heterocycles. The van der Waals surface area contributed by atoms with Gasteiger partial charge in [0.1, 0.15) is 0 Å². The molecule has 98 valence electrons. The molecule has 20 heavy (non-hydrogen) atoms. The molecule has 5 heteroatoms. The number of nitrogens with one attached hydrogen (secondary N) is 1. The zero-order valence-electron chi connectivity index (χ0n) is 10.4. The summed E-state index contributed by atoms with van der Waals surface area (Å²) in [4.78, 5) is 19.7. The van der Waals surface area contributed by atoms with Gasteiger partial charge in [0.25, 0.3) is 5.91 Å². The van der Waals surface area contributed by atoms with Crippen LogP contribution in [0.5, 0.6) is 0 Å². The van der Waals surface area contributed by atoms with Crippen molar-refractivity contribution in [3.63, 3.8) is 0 Å². The average Bonchev–Trinajstić information content (AvgIpc) is 2.48. The lowest BCUT2D eigenvalue weighted by molar-refractivity contribution is 0.102. The summed E-state index contributed by atoms with van der Waals surface area (Å²) in [5.41, 5.74) is 0.553. The molecule has 0 fully saturated rings. The summed E-state index contributed by atoms with van der Waals surface area (Å²) in [7, 11) is 0. The maximum atomic E-state index is 13.5. The van der Waals surface area contributed by atoms with Crippen molar-refractivity contribution in [2.24, 2.45) is 0 Å². The van der Waals surface area contributed by atoms with Crippen LogP contribution in [0.25, 0.3) is 10.8 Å². The van der Waals surface area contributed by atoms with E-state index >= 15 is 0 Å². The van der Waals surface area contributed by atoms with E-state index in [1.54, 1.807) is 18.5 Å². The van der Waals surface area contributed by atoms with Gasteiger partial charge in [-0.2, -0.15) is 0 Å². The minimum Gasteiger partial charge on any atom is -0.321 e. The number of carbonyl (C=O) groups excluding carboxylic acids is 1. The Hall–Kier alpha value is -2.82. The Labute approximate surface area is 114 Å². The standard InChI is InChI=1S/C15H10FN3O/c16-13-9-18-7-5-11(13)15(20)19-14-3-1-2-10-4-6-17-8-12(10)14/h1-9H,(H,19,20). The third-order valence-electron chi connectivity index (χ3n) is 2.95. The van der Waals surface area contributed by atoms with Gasteiger partial charge in [-0.1, -0.05) is 12.1 Å². The summed E-state index contributed by atoms with van der Waals surface area (Å²) in [6.45, 7) is 0. The zero-order chi connectivity index (χ0) is 13.9. The molecule has 1 aromatic carbocycles. The number of hydrogen-bond acceptors (Lipinski definition) is 3. The topological polar surface area (TPSA) is 54.9 Å². The number of fused-ring (bicyclic) bond motifs is 1. The number of hydrogen-bond donors (Lipinski definition) is 1. The van der Waals surface area contributed by atoms with Crippen molar-refractivity contribution in [1.82, 2.24) is 9.97 Å². The Morgan fingerprint density at radius 3 is 2.70 bits per heavy atom. The molecule has 0 radical (unpaired) electrons. The van der Waals surface area contributed by atoms with Gasteiger partial charge in [0.2, 0.25) is 0 Å². The third kappa shape index (κ3) is 2.21. The fraction of sp³-hybridized carbons (Fsp3) is 0. The first-order chi connectivity index (χ1) is 9.75. The van der Waals surface area contributed by atoms with Gasteiger partial charge in [0, 0.05) is 24.0 Å². The molecule has 1 N–H and O–H groups in total. The Morgan fingerprint density at radius 1 is 1.05 bits per heavy atom. The van der Waals surface area contributed by atoms with Crippen LogP contribution in [0.4, 0.5) is 10.1 Å². The fourth-order valence-corrected chi connectivity index (χ4v) is 1.97. The van der Waals surface area contributed by atoms with Gasteiger partial charge in [-0.3, -0.25) is 14.8 Å². The molecular weight excluding hydrogens is 257 g/mol. The van der Waals surface area contributed by atoms with Crippen LogP contribution >= 0.6 is 0 Å². The largest absolute Gasteiger partial charge is 0.321 e. The number of carbonyl (C=O) groups is 1. The number of nitrogens with zero attached hydrogens (tertiary/aromatic N) is 2. The van der Waals surface area contributed by atoms with E-state index in [4.69, 9.17) is 0 Å². The molecule has 4 nitrogen and oxygen atoms in total. The van der Waals surface area contributed by atoms with Crippen molar-refractivity contribution in [2.75, 3.05) is 5.32 Å². The lowest BCUT2D eigenvalue weighted by atomic mass is 10.1. The SMILES string of the molecule is O=C(Nc1cccc2ccncc12)c1ccncc1F. The lowest BCUT2D eigenvalue weighted by Gasteiger charge is -2.08. The highest BCUT2D eigenvalue weighted by Gasteiger charge is 2.12. The summed E-state index contributed by atoms with van der Waals surface area (Å²) in [6, 6.07) is 8.67. The number of benzene rings is 1. The van der Waals surface area contributed by atoms with Crippen LogP contribution in [0.3, 0.4) is 0 Å². The second-order valence-corrected chi connectivity index (χ2v) is 4.21. The van der Waals surface area contributed by atoms with Crippen LogP contribution in [-0.2, 0) is 0 Å². The van der Waals surface area contributed by atoms with Gasteiger partial charge < -0.3 is 5.32 Å². The van der Waals surface area contributed by atoms with Crippen LogP contribution in [0.1, 0.15) is 10.4 Å². The summed E-state index contributed by atoms with van der Waals surface area (Å²) in [5.74, 6) is -1.16. The van der Waals surface area contributed by atoms with Crippen molar-refractivity contribution < 1.29 is 9.18 Å². The first-order valence-corrected chi connectivity index (χ1v) is 5.99. The highest BCUT2D eigenvalue weighted by atomic mass is 19.1. The van der Waals surface area contributed by atoms with E-state index < -0.39 is 11.7 Å². The van der Waals surface area contributed by atoms with E-state index in [0.29, 0.717) is 5.69 Å². The van der Waals surface area contributed by atoms with Gasteiger partial charge >= 0.3 is 0 Å². The van der Waals surface area contributed by atoms with Crippen molar-refractivity contribution in [3.05, 3.63) is 66.5 Å². The Balaban J connectivity index is 1.98. The van der Waals surface area contributed by atoms with E-state index in [9.17, 15) is 9.18 Å². The molecule has 0 aliphatic carbocycles. The summed E-state index contributed by atoms with van der Waals surface area (Å²) in [6.07, 6.45) is 5.73. The zero-order valence-corrected chi connectivity index (χ0v) is 10.4. The number of halogens is 1. The summed E-state index contributed by atoms with van der Waals surface area (Å²) >= 11 is 0. The van der Waals surface area contributed by atoms with Gasteiger partial charge in [-0.05, 0) is 23.6 Å². The molecular formula is C15H10FN3O. The van der Waals surface area contributed by atoms with Crippen molar-refractivity contribution in [3.8, 4) is 0 Å². The number of aromatic nitrogens is 2. The van der Waals surface area contributed by atoms with Crippen LogP contribution in [0, 0.1) is 5.82 Å². The van der Waals surface area contributed by atoms with Crippen LogP contribution in [0.15, 0.2) is 55.1 Å². The number of pyridine rings is 2. The predicted molar refractivity (Wildman–Crippen MR) is 73.9 cm³/mol. The molecule has 0 unspecified atom stereocenters. The third-order valence-corrected chi connectivity index (χ3v) is 2.95. The predicted octanol–water partition coefficient (Wildman–Crippen LogP) is 3.02. The second-order valence-electron chi connectivity index (χ2n) is 4.21. The van der Waals surface area contributed by atoms with Gasteiger partial charge in [0.05, 0.1) is 17.4 Å². The molecule has 0 bridgehead atoms. The van der Waals surface area contributed by atoms with E-state index in [-0.39, 0.29) is 5.56 Å². The van der Waals surface area contributed by atoms with Crippen LogP contribution < -0.4 is 5.32 Å². The lowest BCUT2D eigenvalue weighted by Crippen LogP contribution is -2.14. The number of anilines is 1. The number of rotatable bonds is 2. The van der Waals surface area contributed by atoms with Crippen molar-refractivity contribution in [1.29, 1.82) is 0 Å². The normalized spacial score (nSPS) is 10.4. The molecule has 0 aliphatic heterocycles. The van der Waals surface area contributed by atoms with E-state index in [1.807, 2.05) is 18.2 Å². The first kappa shape index (κ1) is 12.2. The van der Waals surface area contributed by atoms with E-state index in [0.717, 1.165) is 17.0 Å². The van der Waals surface area contributed by atoms with Crippen molar-refractivity contribution >= 4 is 22.4 Å². The minimum absolute atomic E-state index is 0.0408. The maximum Gasteiger partial charge on any atom is 0.258 e. The van der Waals surface area contributed by atoms with Crippen LogP contribution in [0.2, 0.25) is 0 Å². The fourth-order valence-electron chi connectivity index (χ4n) is 1.97. The smallest absolute Gasteiger partial charge is 0.258 e. The minimum atomic E-state index is -0.650.